The molecule has 6 nitrogen and oxygen atoms in total. The Morgan fingerprint density at radius 3 is 2.74 bits per heavy atom. The third kappa shape index (κ3) is 3.06. The van der Waals surface area contributed by atoms with Gasteiger partial charge in [-0.1, -0.05) is 18.2 Å². The maximum Gasteiger partial charge on any atom is 0.322 e. The molecule has 0 radical (unpaired) electrons. The number of aromatic nitrogens is 3. The van der Waals surface area contributed by atoms with Crippen LogP contribution in [0.4, 0.5) is 15.1 Å². The Labute approximate surface area is 109 Å². The first-order valence-corrected chi connectivity index (χ1v) is 5.68. The number of urea groups is 1. The van der Waals surface area contributed by atoms with Crippen molar-refractivity contribution in [3.63, 3.8) is 0 Å². The number of benzene rings is 1. The second-order valence-electron chi connectivity index (χ2n) is 4.52. The van der Waals surface area contributed by atoms with Gasteiger partial charge in [0.15, 0.2) is 0 Å². The number of anilines is 1. The molecule has 0 bridgehead atoms. The van der Waals surface area contributed by atoms with E-state index in [9.17, 15) is 9.18 Å². The van der Waals surface area contributed by atoms with Crippen molar-refractivity contribution >= 4 is 12.0 Å². The number of aromatic amines is 1. The Morgan fingerprint density at radius 1 is 1.37 bits per heavy atom. The van der Waals surface area contributed by atoms with E-state index in [1.165, 1.54) is 12.4 Å². The van der Waals surface area contributed by atoms with Crippen molar-refractivity contribution in [2.45, 2.75) is 19.4 Å². The van der Waals surface area contributed by atoms with Gasteiger partial charge < -0.3 is 5.32 Å². The first-order chi connectivity index (χ1) is 8.99. The van der Waals surface area contributed by atoms with Gasteiger partial charge in [0.1, 0.15) is 12.1 Å². The predicted octanol–water partition coefficient (Wildman–Crippen LogP) is 2.00. The first kappa shape index (κ1) is 13.0. The molecule has 0 aliphatic carbocycles. The number of amides is 2. The lowest BCUT2D eigenvalue weighted by Gasteiger charge is -2.27. The van der Waals surface area contributed by atoms with Crippen LogP contribution in [-0.2, 0) is 5.54 Å². The zero-order valence-corrected chi connectivity index (χ0v) is 10.6. The number of nitrogens with one attached hydrogen (secondary N) is 3. The van der Waals surface area contributed by atoms with Crippen LogP contribution >= 0.6 is 0 Å². The summed E-state index contributed by atoms with van der Waals surface area (Å²) < 4.78 is 13.7. The van der Waals surface area contributed by atoms with E-state index in [0.717, 1.165) is 0 Å². The summed E-state index contributed by atoms with van der Waals surface area (Å²) in [5, 5.41) is 11.2. The molecule has 2 aromatic rings. The Balaban J connectivity index is 2.09. The van der Waals surface area contributed by atoms with E-state index in [1.807, 2.05) is 0 Å². The monoisotopic (exact) mass is 263 g/mol. The average Bonchev–Trinajstić information content (AvgIpc) is 2.81. The summed E-state index contributed by atoms with van der Waals surface area (Å²) in [5.74, 6) is -0.144. The predicted molar refractivity (Wildman–Crippen MR) is 68.0 cm³/mol. The van der Waals surface area contributed by atoms with Gasteiger partial charge in [0, 0.05) is 5.56 Å². The number of carbonyl (C=O) groups is 1. The Kier molecular flexibility index (Phi) is 3.46. The number of hydrogen-bond donors (Lipinski definition) is 3. The topological polar surface area (TPSA) is 82.7 Å². The summed E-state index contributed by atoms with van der Waals surface area (Å²) in [5.41, 5.74) is -0.446. The van der Waals surface area contributed by atoms with E-state index in [2.05, 4.69) is 25.8 Å². The standard InChI is InChI=1S/C12H14FN5O/c1-12(2,8-5-3-4-6-9(8)13)17-11(19)16-10-14-7-15-18-10/h3-7H,1-2H3,(H3,14,15,16,17,18,19). The number of nitrogens with zero attached hydrogens (tertiary/aromatic N) is 2. The molecule has 0 unspecified atom stereocenters. The molecular weight excluding hydrogens is 249 g/mol. The van der Waals surface area contributed by atoms with Gasteiger partial charge in [0.05, 0.1) is 5.54 Å². The van der Waals surface area contributed by atoms with E-state index in [4.69, 9.17) is 0 Å². The molecule has 1 aromatic heterocycles. The number of rotatable bonds is 3. The summed E-state index contributed by atoms with van der Waals surface area (Å²) in [7, 11) is 0. The molecule has 0 aliphatic rings. The maximum atomic E-state index is 13.7. The van der Waals surface area contributed by atoms with Crippen LogP contribution in [0.2, 0.25) is 0 Å². The summed E-state index contributed by atoms with van der Waals surface area (Å²) in [6, 6.07) is 5.81. The van der Waals surface area contributed by atoms with Crippen LogP contribution in [0.1, 0.15) is 19.4 Å². The van der Waals surface area contributed by atoms with E-state index in [1.54, 1.807) is 32.0 Å². The molecule has 2 rings (SSSR count). The van der Waals surface area contributed by atoms with Crippen LogP contribution in [-0.4, -0.2) is 21.2 Å². The fourth-order valence-electron chi connectivity index (χ4n) is 1.72. The molecule has 0 saturated carbocycles. The van der Waals surface area contributed by atoms with Gasteiger partial charge in [-0.05, 0) is 19.9 Å². The van der Waals surface area contributed by atoms with Gasteiger partial charge >= 0.3 is 6.03 Å². The van der Waals surface area contributed by atoms with Crippen molar-refractivity contribution in [2.24, 2.45) is 0 Å². The lowest BCUT2D eigenvalue weighted by molar-refractivity contribution is 0.241. The largest absolute Gasteiger partial charge is 0.329 e. The Bertz CT molecular complexity index is 567. The fourth-order valence-corrected chi connectivity index (χ4v) is 1.72. The van der Waals surface area contributed by atoms with E-state index in [0.29, 0.717) is 5.56 Å². The molecule has 2 amide bonds. The highest BCUT2D eigenvalue weighted by molar-refractivity contribution is 5.87. The fraction of sp³-hybridized carbons (Fsp3) is 0.250. The number of H-pyrrole nitrogens is 1. The molecule has 19 heavy (non-hydrogen) atoms. The number of hydrogen-bond acceptors (Lipinski definition) is 3. The van der Waals surface area contributed by atoms with Crippen molar-refractivity contribution in [3.8, 4) is 0 Å². The minimum absolute atomic E-state index is 0.224. The van der Waals surface area contributed by atoms with Crippen molar-refractivity contribution in [2.75, 3.05) is 5.32 Å². The molecular formula is C12H14FN5O. The first-order valence-electron chi connectivity index (χ1n) is 5.68. The van der Waals surface area contributed by atoms with Crippen LogP contribution in [0.25, 0.3) is 0 Å². The van der Waals surface area contributed by atoms with Crippen molar-refractivity contribution in [1.82, 2.24) is 20.5 Å². The molecule has 0 saturated heterocycles. The molecule has 1 aromatic carbocycles. The second-order valence-corrected chi connectivity index (χ2v) is 4.52. The third-order valence-corrected chi connectivity index (χ3v) is 2.62. The molecule has 0 fully saturated rings. The molecule has 1 heterocycles. The van der Waals surface area contributed by atoms with Gasteiger partial charge in [-0.25, -0.2) is 14.3 Å². The lowest BCUT2D eigenvalue weighted by Crippen LogP contribution is -2.44. The maximum absolute atomic E-state index is 13.7. The SMILES string of the molecule is CC(C)(NC(=O)Nc1ncn[nH]1)c1ccccc1F. The highest BCUT2D eigenvalue weighted by atomic mass is 19.1. The van der Waals surface area contributed by atoms with Gasteiger partial charge in [-0.2, -0.15) is 10.1 Å². The van der Waals surface area contributed by atoms with Crippen molar-refractivity contribution < 1.29 is 9.18 Å². The van der Waals surface area contributed by atoms with Crippen LogP contribution in [0.3, 0.4) is 0 Å². The van der Waals surface area contributed by atoms with Crippen LogP contribution in [0.5, 0.6) is 0 Å². The van der Waals surface area contributed by atoms with Crippen LogP contribution < -0.4 is 10.6 Å². The number of carbonyl (C=O) groups excluding carboxylic acids is 1. The molecule has 0 atom stereocenters. The molecule has 100 valence electrons. The van der Waals surface area contributed by atoms with Crippen molar-refractivity contribution in [3.05, 3.63) is 42.0 Å². The summed E-state index contributed by atoms with van der Waals surface area (Å²) >= 11 is 0. The minimum atomic E-state index is -0.852. The third-order valence-electron chi connectivity index (χ3n) is 2.62. The normalized spacial score (nSPS) is 11.1. The van der Waals surface area contributed by atoms with Crippen LogP contribution in [0.15, 0.2) is 30.6 Å². The smallest absolute Gasteiger partial charge is 0.322 e. The van der Waals surface area contributed by atoms with E-state index >= 15 is 0 Å². The zero-order chi connectivity index (χ0) is 13.9. The average molecular weight is 263 g/mol. The summed E-state index contributed by atoms with van der Waals surface area (Å²) in [4.78, 5) is 15.5. The van der Waals surface area contributed by atoms with Crippen LogP contribution in [0, 0.1) is 5.82 Å². The highest BCUT2D eigenvalue weighted by Crippen LogP contribution is 2.22. The van der Waals surface area contributed by atoms with Gasteiger partial charge in [-0.15, -0.1) is 0 Å². The Hall–Kier alpha value is -2.44. The zero-order valence-electron chi connectivity index (χ0n) is 10.6. The Morgan fingerprint density at radius 2 is 2.11 bits per heavy atom. The van der Waals surface area contributed by atoms with E-state index in [-0.39, 0.29) is 11.8 Å². The van der Waals surface area contributed by atoms with Gasteiger partial charge in [0.25, 0.3) is 0 Å². The quantitative estimate of drug-likeness (QED) is 0.792. The van der Waals surface area contributed by atoms with Gasteiger partial charge in [-0.3, -0.25) is 5.32 Å². The van der Waals surface area contributed by atoms with E-state index < -0.39 is 11.6 Å². The molecule has 0 spiro atoms. The van der Waals surface area contributed by atoms with Gasteiger partial charge in [0.2, 0.25) is 5.95 Å². The molecule has 3 N–H and O–H groups in total. The molecule has 0 aliphatic heterocycles. The lowest BCUT2D eigenvalue weighted by atomic mass is 9.94. The van der Waals surface area contributed by atoms with Crippen molar-refractivity contribution in [1.29, 1.82) is 0 Å². The highest BCUT2D eigenvalue weighted by Gasteiger charge is 2.25. The minimum Gasteiger partial charge on any atom is -0.329 e. The summed E-state index contributed by atoms with van der Waals surface area (Å²) in [6.45, 7) is 3.43. The molecule has 7 heteroatoms. The second kappa shape index (κ2) is 5.05. The summed E-state index contributed by atoms with van der Waals surface area (Å²) in [6.07, 6.45) is 1.28. The number of halogens is 1.